The van der Waals surface area contributed by atoms with Crippen LogP contribution >= 0.6 is 0 Å². The van der Waals surface area contributed by atoms with E-state index in [0.29, 0.717) is 24.5 Å². The fourth-order valence-electron chi connectivity index (χ4n) is 6.17. The molecule has 2 fully saturated rings. The van der Waals surface area contributed by atoms with Gasteiger partial charge in [-0.2, -0.15) is 0 Å². The summed E-state index contributed by atoms with van der Waals surface area (Å²) in [6, 6.07) is 16.0. The number of nitrogens with one attached hydrogen (secondary N) is 1. The van der Waals surface area contributed by atoms with E-state index in [2.05, 4.69) is 37.5 Å². The number of para-hydroxylation sites is 1. The van der Waals surface area contributed by atoms with Gasteiger partial charge in [-0.1, -0.05) is 43.2 Å². The lowest BCUT2D eigenvalue weighted by atomic mass is 10.00. The van der Waals surface area contributed by atoms with E-state index in [9.17, 15) is 4.79 Å². The van der Waals surface area contributed by atoms with Crippen molar-refractivity contribution in [1.82, 2.24) is 30.1 Å². The Labute approximate surface area is 228 Å². The minimum atomic E-state index is -0.444. The van der Waals surface area contributed by atoms with Gasteiger partial charge in [0.25, 0.3) is 5.56 Å². The zero-order chi connectivity index (χ0) is 26.8. The third kappa shape index (κ3) is 5.33. The highest BCUT2D eigenvalue weighted by molar-refractivity contribution is 5.82. The quantitative estimate of drug-likeness (QED) is 0.336. The second kappa shape index (κ2) is 11.3. The molecule has 0 amide bonds. The van der Waals surface area contributed by atoms with Crippen molar-refractivity contribution in [3.8, 4) is 5.75 Å². The van der Waals surface area contributed by atoms with Crippen molar-refractivity contribution < 1.29 is 9.47 Å². The van der Waals surface area contributed by atoms with Gasteiger partial charge in [0, 0.05) is 25.3 Å². The average molecular weight is 529 g/mol. The first-order valence-corrected chi connectivity index (χ1v) is 14.0. The number of methoxy groups -OCH3 is 1. The molecule has 0 radical (unpaired) electrons. The second-order valence-electron chi connectivity index (χ2n) is 10.8. The highest BCUT2D eigenvalue weighted by atomic mass is 16.5. The van der Waals surface area contributed by atoms with Crippen LogP contribution in [-0.4, -0.2) is 56.5 Å². The summed E-state index contributed by atoms with van der Waals surface area (Å²) in [5.41, 5.74) is 3.55. The fourth-order valence-corrected chi connectivity index (χ4v) is 6.17. The zero-order valence-electron chi connectivity index (χ0n) is 22.7. The van der Waals surface area contributed by atoms with Gasteiger partial charge in [0.15, 0.2) is 5.82 Å². The molecule has 4 aromatic rings. The molecule has 1 saturated heterocycles. The molecule has 39 heavy (non-hydrogen) atoms. The number of hydrogen-bond acceptors (Lipinski definition) is 7. The lowest BCUT2D eigenvalue weighted by Crippen LogP contribution is -2.39. The van der Waals surface area contributed by atoms with Crippen molar-refractivity contribution in [3.05, 3.63) is 81.4 Å². The Morgan fingerprint density at radius 2 is 1.95 bits per heavy atom. The van der Waals surface area contributed by atoms with Crippen molar-refractivity contribution in [2.24, 2.45) is 0 Å². The maximum absolute atomic E-state index is 13.8. The Hall–Kier alpha value is -3.56. The van der Waals surface area contributed by atoms with Crippen LogP contribution in [0.5, 0.6) is 5.75 Å². The van der Waals surface area contributed by atoms with Crippen LogP contribution in [0.25, 0.3) is 10.9 Å². The van der Waals surface area contributed by atoms with E-state index >= 15 is 0 Å². The van der Waals surface area contributed by atoms with E-state index in [-0.39, 0.29) is 17.7 Å². The number of H-pyrrole nitrogens is 1. The molecule has 9 nitrogen and oxygen atoms in total. The lowest BCUT2D eigenvalue weighted by molar-refractivity contribution is 0.0569. The first-order valence-electron chi connectivity index (χ1n) is 14.0. The number of ether oxygens (including phenoxy) is 2. The van der Waals surface area contributed by atoms with E-state index < -0.39 is 6.04 Å². The van der Waals surface area contributed by atoms with Gasteiger partial charge < -0.3 is 14.5 Å². The third-order valence-corrected chi connectivity index (χ3v) is 8.22. The molecule has 3 heterocycles. The van der Waals surface area contributed by atoms with Gasteiger partial charge in [0.1, 0.15) is 11.8 Å². The van der Waals surface area contributed by atoms with Gasteiger partial charge in [-0.3, -0.25) is 9.69 Å². The number of benzene rings is 2. The summed E-state index contributed by atoms with van der Waals surface area (Å²) >= 11 is 0. The monoisotopic (exact) mass is 528 g/mol. The predicted octanol–water partition coefficient (Wildman–Crippen LogP) is 4.72. The van der Waals surface area contributed by atoms with Crippen LogP contribution in [0.2, 0.25) is 0 Å². The van der Waals surface area contributed by atoms with Crippen molar-refractivity contribution in [1.29, 1.82) is 0 Å². The Bertz CT molecular complexity index is 1470. The van der Waals surface area contributed by atoms with Gasteiger partial charge in [-0.15, -0.1) is 5.10 Å². The lowest BCUT2D eigenvalue weighted by Gasteiger charge is -2.33. The molecular formula is C30H36N6O3. The van der Waals surface area contributed by atoms with E-state index in [1.165, 1.54) is 0 Å². The first-order chi connectivity index (χ1) is 19.1. The smallest absolute Gasteiger partial charge is 0.253 e. The van der Waals surface area contributed by atoms with Crippen molar-refractivity contribution in [2.75, 3.05) is 20.3 Å². The van der Waals surface area contributed by atoms with Crippen LogP contribution < -0.4 is 10.3 Å². The number of rotatable bonds is 9. The Balaban J connectivity index is 1.49. The van der Waals surface area contributed by atoms with E-state index in [1.54, 1.807) is 7.11 Å². The molecule has 2 aromatic carbocycles. The highest BCUT2D eigenvalue weighted by Crippen LogP contribution is 2.35. The van der Waals surface area contributed by atoms with Gasteiger partial charge in [0.2, 0.25) is 0 Å². The third-order valence-electron chi connectivity index (χ3n) is 8.22. The maximum Gasteiger partial charge on any atom is 0.253 e. The summed E-state index contributed by atoms with van der Waals surface area (Å²) in [5, 5.41) is 14.2. The molecule has 0 unspecified atom stereocenters. The number of nitrogens with zero attached hydrogens (tertiary/aromatic N) is 5. The van der Waals surface area contributed by atoms with Crippen LogP contribution in [0.15, 0.2) is 53.3 Å². The van der Waals surface area contributed by atoms with E-state index in [0.717, 1.165) is 72.9 Å². The van der Waals surface area contributed by atoms with Crippen molar-refractivity contribution in [3.63, 3.8) is 0 Å². The van der Waals surface area contributed by atoms with Crippen LogP contribution in [0.4, 0.5) is 0 Å². The number of tetrazole rings is 1. The number of aromatic nitrogens is 5. The molecule has 2 aromatic heterocycles. The maximum atomic E-state index is 13.8. The van der Waals surface area contributed by atoms with E-state index in [4.69, 9.17) is 9.47 Å². The summed E-state index contributed by atoms with van der Waals surface area (Å²) in [4.78, 5) is 19.3. The van der Waals surface area contributed by atoms with Gasteiger partial charge in [-0.05, 0) is 77.7 Å². The van der Waals surface area contributed by atoms with Gasteiger partial charge >= 0.3 is 0 Å². The molecule has 1 saturated carbocycles. The molecule has 1 aliphatic heterocycles. The van der Waals surface area contributed by atoms with Crippen LogP contribution in [0, 0.1) is 6.92 Å². The molecule has 0 spiro atoms. The summed E-state index contributed by atoms with van der Waals surface area (Å²) in [6.45, 7) is 4.06. The standard InChI is InChI=1S/C30H36N6O3/c1-20-7-5-8-22-17-26(30(37)31-27(20)22)28(29-32-33-34-36(29)23-9-3-4-10-23)35(19-25-11-6-16-39-25)18-21-12-14-24(38-2)15-13-21/h5,7-8,12-15,17,23,25,28H,3-4,6,9-11,16,18-19H2,1-2H3,(H,31,37)/t25-,28-/m0/s1. The Kier molecular flexibility index (Phi) is 7.43. The molecule has 204 valence electrons. The average Bonchev–Trinajstić information content (AvgIpc) is 3.74. The second-order valence-corrected chi connectivity index (χ2v) is 10.8. The van der Waals surface area contributed by atoms with Gasteiger partial charge in [0.05, 0.1) is 24.8 Å². The molecule has 0 bridgehead atoms. The minimum absolute atomic E-state index is 0.0864. The predicted molar refractivity (Wildman–Crippen MR) is 149 cm³/mol. The minimum Gasteiger partial charge on any atom is -0.497 e. The van der Waals surface area contributed by atoms with Gasteiger partial charge in [-0.25, -0.2) is 4.68 Å². The van der Waals surface area contributed by atoms with E-state index in [1.807, 2.05) is 48.0 Å². The zero-order valence-corrected chi connectivity index (χ0v) is 22.7. The summed E-state index contributed by atoms with van der Waals surface area (Å²) < 4.78 is 13.5. The van der Waals surface area contributed by atoms with Crippen LogP contribution in [-0.2, 0) is 11.3 Å². The molecule has 6 rings (SSSR count). The first kappa shape index (κ1) is 25.7. The molecule has 9 heteroatoms. The summed E-state index contributed by atoms with van der Waals surface area (Å²) in [7, 11) is 1.67. The Morgan fingerprint density at radius 1 is 1.13 bits per heavy atom. The fraction of sp³-hybridized carbons (Fsp3) is 0.467. The van der Waals surface area contributed by atoms with Crippen LogP contribution in [0.1, 0.15) is 73.1 Å². The van der Waals surface area contributed by atoms with Crippen LogP contribution in [0.3, 0.4) is 0 Å². The number of hydrogen-bond donors (Lipinski definition) is 1. The van der Waals surface area contributed by atoms with Crippen molar-refractivity contribution >= 4 is 10.9 Å². The molecule has 2 aliphatic rings. The summed E-state index contributed by atoms with van der Waals surface area (Å²) in [6.07, 6.45) is 6.54. The normalized spacial score (nSPS) is 18.8. The number of aryl methyl sites for hydroxylation is 1. The van der Waals surface area contributed by atoms with Crippen molar-refractivity contribution in [2.45, 2.75) is 70.2 Å². The SMILES string of the molecule is COc1ccc(CN(C[C@@H]2CCCO2)[C@@H](c2cc3cccc(C)c3[nH]c2=O)c2nnnn2C2CCCC2)cc1. The number of aromatic amines is 1. The topological polar surface area (TPSA) is 98.2 Å². The molecule has 1 N–H and O–H groups in total. The number of fused-ring (bicyclic) bond motifs is 1. The molecular weight excluding hydrogens is 492 g/mol. The highest BCUT2D eigenvalue weighted by Gasteiger charge is 2.35. The summed E-state index contributed by atoms with van der Waals surface area (Å²) in [5.74, 6) is 1.53. The molecule has 1 aliphatic carbocycles. The number of pyridine rings is 1. The largest absolute Gasteiger partial charge is 0.497 e. The Morgan fingerprint density at radius 3 is 2.69 bits per heavy atom. The molecule has 2 atom stereocenters.